The van der Waals surface area contributed by atoms with E-state index < -0.39 is 11.0 Å². The van der Waals surface area contributed by atoms with E-state index in [9.17, 15) is 9.00 Å². The van der Waals surface area contributed by atoms with Crippen LogP contribution in [0.25, 0.3) is 0 Å². The van der Waals surface area contributed by atoms with Crippen LogP contribution in [0.5, 0.6) is 0 Å². The summed E-state index contributed by atoms with van der Waals surface area (Å²) >= 11 is 0. The third kappa shape index (κ3) is 3.98. The molecule has 0 fully saturated rings. The Labute approximate surface area is 158 Å². The average Bonchev–Trinajstić information content (AvgIpc) is 2.96. The summed E-state index contributed by atoms with van der Waals surface area (Å²) in [5, 5.41) is 3.03. The fourth-order valence-electron chi connectivity index (χ4n) is 3.50. The number of amides is 1. The molecular weight excluding hydrogens is 344 g/mol. The fourth-order valence-corrected chi connectivity index (χ4v) is 4.10. The number of carbonyl (C=O) groups is 1. The lowest BCUT2D eigenvalue weighted by Crippen LogP contribution is -2.15. The Morgan fingerprint density at radius 2 is 1.85 bits per heavy atom. The zero-order valence-electron chi connectivity index (χ0n) is 15.8. The molecule has 0 aromatic heterocycles. The SMILES string of the molecule is Cc1cc(NC(=O)c2ccc(NS(=O)C(C)C)cc2)cc2c1C(C)CC2. The first kappa shape index (κ1) is 18.6. The molecule has 2 N–H and O–H groups in total. The maximum Gasteiger partial charge on any atom is 0.255 e. The van der Waals surface area contributed by atoms with Crippen molar-refractivity contribution < 1.29 is 9.00 Å². The van der Waals surface area contributed by atoms with Gasteiger partial charge in [0.25, 0.3) is 5.91 Å². The van der Waals surface area contributed by atoms with Gasteiger partial charge >= 0.3 is 0 Å². The number of anilines is 2. The molecule has 5 heteroatoms. The number of hydrogen-bond donors (Lipinski definition) is 2. The number of fused-ring (bicyclic) bond motifs is 1. The van der Waals surface area contributed by atoms with Crippen molar-refractivity contribution in [2.45, 2.75) is 51.7 Å². The second-order valence-electron chi connectivity index (χ2n) is 7.29. The van der Waals surface area contributed by atoms with Crippen molar-refractivity contribution in [2.75, 3.05) is 10.0 Å². The predicted molar refractivity (Wildman–Crippen MR) is 109 cm³/mol. The van der Waals surface area contributed by atoms with Crippen molar-refractivity contribution in [1.29, 1.82) is 0 Å². The van der Waals surface area contributed by atoms with Crippen molar-refractivity contribution in [3.05, 3.63) is 58.7 Å². The Bertz CT molecular complexity index is 844. The summed E-state index contributed by atoms with van der Waals surface area (Å²) in [5.41, 5.74) is 6.22. The van der Waals surface area contributed by atoms with Crippen molar-refractivity contribution in [1.82, 2.24) is 0 Å². The van der Waals surface area contributed by atoms with Gasteiger partial charge in [-0.15, -0.1) is 0 Å². The summed E-state index contributed by atoms with van der Waals surface area (Å²) in [5.74, 6) is 0.470. The van der Waals surface area contributed by atoms with E-state index in [1.165, 1.54) is 23.1 Å². The molecule has 0 aliphatic heterocycles. The Kier molecular flexibility index (Phi) is 5.47. The summed E-state index contributed by atoms with van der Waals surface area (Å²) in [7, 11) is -1.13. The van der Waals surface area contributed by atoms with Gasteiger partial charge in [0, 0.05) is 22.2 Å². The van der Waals surface area contributed by atoms with Gasteiger partial charge < -0.3 is 10.0 Å². The molecule has 2 aromatic carbocycles. The van der Waals surface area contributed by atoms with Crippen molar-refractivity contribution in [3.63, 3.8) is 0 Å². The Morgan fingerprint density at radius 1 is 1.15 bits per heavy atom. The molecule has 4 nitrogen and oxygen atoms in total. The van der Waals surface area contributed by atoms with Gasteiger partial charge in [-0.25, -0.2) is 4.21 Å². The molecule has 1 aliphatic rings. The van der Waals surface area contributed by atoms with Gasteiger partial charge in [0.1, 0.15) is 11.0 Å². The van der Waals surface area contributed by atoms with Gasteiger partial charge in [-0.3, -0.25) is 4.79 Å². The van der Waals surface area contributed by atoms with Gasteiger partial charge in [-0.1, -0.05) is 6.92 Å². The van der Waals surface area contributed by atoms with E-state index in [1.54, 1.807) is 24.3 Å². The summed E-state index contributed by atoms with van der Waals surface area (Å²) in [6, 6.07) is 11.2. The minimum absolute atomic E-state index is 0.0312. The predicted octanol–water partition coefficient (Wildman–Crippen LogP) is 4.78. The molecule has 26 heavy (non-hydrogen) atoms. The molecular formula is C21H26N2O2S. The van der Waals surface area contributed by atoms with E-state index in [0.717, 1.165) is 17.8 Å². The first-order valence-corrected chi connectivity index (χ1v) is 10.3. The third-order valence-corrected chi connectivity index (χ3v) is 6.16. The lowest BCUT2D eigenvalue weighted by molar-refractivity contribution is 0.102. The highest BCUT2D eigenvalue weighted by molar-refractivity contribution is 7.86. The normalized spacial score (nSPS) is 17.0. The highest BCUT2D eigenvalue weighted by Gasteiger charge is 2.21. The standard InChI is InChI=1S/C21H26N2O2S/c1-13(2)26(25)23-18-9-7-16(8-10-18)21(24)22-19-11-15(4)20-14(3)5-6-17(20)12-19/h7-14,23H,5-6H2,1-4H3,(H,22,24). The molecule has 3 rings (SSSR count). The molecule has 1 amide bonds. The van der Waals surface area contributed by atoms with Gasteiger partial charge in [0.05, 0.1) is 0 Å². The lowest BCUT2D eigenvalue weighted by Gasteiger charge is -2.13. The largest absolute Gasteiger partial charge is 0.322 e. The number of carbonyl (C=O) groups excluding carboxylic acids is 1. The zero-order chi connectivity index (χ0) is 18.8. The molecule has 0 bridgehead atoms. The van der Waals surface area contributed by atoms with Crippen LogP contribution in [-0.2, 0) is 17.4 Å². The number of aryl methyl sites for hydroxylation is 2. The van der Waals surface area contributed by atoms with E-state index in [1.807, 2.05) is 13.8 Å². The maximum absolute atomic E-state index is 12.5. The van der Waals surface area contributed by atoms with Crippen LogP contribution in [0, 0.1) is 6.92 Å². The molecule has 0 heterocycles. The first-order chi connectivity index (χ1) is 12.3. The third-order valence-electron chi connectivity index (χ3n) is 4.86. The molecule has 0 spiro atoms. The monoisotopic (exact) mass is 370 g/mol. The van der Waals surface area contributed by atoms with Crippen molar-refractivity contribution in [3.8, 4) is 0 Å². The molecule has 0 saturated carbocycles. The zero-order valence-corrected chi connectivity index (χ0v) is 16.6. The molecule has 2 aromatic rings. The van der Waals surface area contributed by atoms with E-state index in [4.69, 9.17) is 0 Å². The van der Waals surface area contributed by atoms with E-state index in [2.05, 4.69) is 36.0 Å². The summed E-state index contributed by atoms with van der Waals surface area (Å²) < 4.78 is 14.8. The number of nitrogens with one attached hydrogen (secondary N) is 2. The highest BCUT2D eigenvalue weighted by Crippen LogP contribution is 2.36. The smallest absolute Gasteiger partial charge is 0.255 e. The van der Waals surface area contributed by atoms with Gasteiger partial charge in [0.2, 0.25) is 0 Å². The summed E-state index contributed by atoms with van der Waals surface area (Å²) in [6.07, 6.45) is 2.26. The van der Waals surface area contributed by atoms with Gasteiger partial charge in [-0.05, 0) is 92.6 Å². The Balaban J connectivity index is 1.71. The van der Waals surface area contributed by atoms with Crippen molar-refractivity contribution in [2.24, 2.45) is 0 Å². The quantitative estimate of drug-likeness (QED) is 0.796. The maximum atomic E-state index is 12.5. The van der Waals surface area contributed by atoms with Crippen LogP contribution >= 0.6 is 0 Å². The average molecular weight is 371 g/mol. The van der Waals surface area contributed by atoms with E-state index in [-0.39, 0.29) is 11.2 Å². The highest BCUT2D eigenvalue weighted by atomic mass is 32.2. The van der Waals surface area contributed by atoms with Crippen LogP contribution in [0.1, 0.15) is 60.2 Å². The Morgan fingerprint density at radius 3 is 2.50 bits per heavy atom. The van der Waals surface area contributed by atoms with Gasteiger partial charge in [0.15, 0.2) is 0 Å². The first-order valence-electron chi connectivity index (χ1n) is 9.07. The topological polar surface area (TPSA) is 58.2 Å². The van der Waals surface area contributed by atoms with Crippen LogP contribution in [0.2, 0.25) is 0 Å². The van der Waals surface area contributed by atoms with Crippen molar-refractivity contribution >= 4 is 28.3 Å². The number of hydrogen-bond acceptors (Lipinski definition) is 2. The summed E-state index contributed by atoms with van der Waals surface area (Å²) in [4.78, 5) is 12.5. The minimum atomic E-state index is -1.13. The van der Waals surface area contributed by atoms with Crippen LogP contribution in [0.4, 0.5) is 11.4 Å². The molecule has 0 radical (unpaired) electrons. The van der Waals surface area contributed by atoms with Crippen LogP contribution in [0.15, 0.2) is 36.4 Å². The van der Waals surface area contributed by atoms with Gasteiger partial charge in [-0.2, -0.15) is 0 Å². The molecule has 2 atom stereocenters. The lowest BCUT2D eigenvalue weighted by atomic mass is 9.97. The number of rotatable bonds is 5. The van der Waals surface area contributed by atoms with Crippen LogP contribution in [0.3, 0.4) is 0 Å². The van der Waals surface area contributed by atoms with Crippen LogP contribution < -0.4 is 10.0 Å². The fraction of sp³-hybridized carbons (Fsp3) is 0.381. The molecule has 2 unspecified atom stereocenters. The van der Waals surface area contributed by atoms with E-state index >= 15 is 0 Å². The Hall–Kier alpha value is -2.14. The second-order valence-corrected chi connectivity index (χ2v) is 9.03. The molecule has 0 saturated heterocycles. The van der Waals surface area contributed by atoms with E-state index in [0.29, 0.717) is 11.5 Å². The minimum Gasteiger partial charge on any atom is -0.322 e. The number of benzene rings is 2. The van der Waals surface area contributed by atoms with Crippen LogP contribution in [-0.4, -0.2) is 15.4 Å². The molecule has 138 valence electrons. The second kappa shape index (κ2) is 7.62. The summed E-state index contributed by atoms with van der Waals surface area (Å²) in [6.45, 7) is 8.17. The molecule has 1 aliphatic carbocycles.